The molecule has 2 aromatic rings. The number of halogens is 2. The van der Waals surface area contributed by atoms with Crippen LogP contribution in [-0.2, 0) is 6.42 Å². The Hall–Kier alpha value is -1.42. The predicted octanol–water partition coefficient (Wildman–Crippen LogP) is 3.61. The van der Waals surface area contributed by atoms with Crippen LogP contribution >= 0.6 is 15.9 Å². The van der Waals surface area contributed by atoms with Crippen LogP contribution in [0.25, 0.3) is 0 Å². The monoisotopic (exact) mass is 282 g/mol. The van der Waals surface area contributed by atoms with Gasteiger partial charge >= 0.3 is 0 Å². The maximum Gasteiger partial charge on any atom is 0.167 e. The number of hydrogen-bond acceptors (Lipinski definition) is 2. The van der Waals surface area contributed by atoms with E-state index in [9.17, 15) is 9.18 Å². The summed E-state index contributed by atoms with van der Waals surface area (Å²) in [5, 5.41) is 0. The summed E-state index contributed by atoms with van der Waals surface area (Å²) in [6.07, 6.45) is 3.22. The average molecular weight is 283 g/mol. The number of carbonyl (C=O) groups excluding carboxylic acids is 1. The highest BCUT2D eigenvalue weighted by atomic mass is 79.9. The fourth-order valence-electron chi connectivity index (χ4n) is 1.40. The van der Waals surface area contributed by atoms with Gasteiger partial charge in [-0.3, -0.25) is 4.79 Å². The second kappa shape index (κ2) is 4.61. The largest absolute Gasteiger partial charge is 0.472 e. The van der Waals surface area contributed by atoms with Gasteiger partial charge in [-0.05, 0) is 29.8 Å². The average Bonchev–Trinajstić information content (AvgIpc) is 2.68. The van der Waals surface area contributed by atoms with Crippen LogP contribution < -0.4 is 0 Å². The minimum absolute atomic E-state index is 0.137. The van der Waals surface area contributed by atoms with Crippen molar-refractivity contribution in [3.63, 3.8) is 0 Å². The molecule has 82 valence electrons. The summed E-state index contributed by atoms with van der Waals surface area (Å²) >= 11 is 3.15. The summed E-state index contributed by atoms with van der Waals surface area (Å²) in [5.41, 5.74) is 1.14. The zero-order valence-electron chi connectivity index (χ0n) is 8.24. The van der Waals surface area contributed by atoms with E-state index in [1.807, 2.05) is 0 Å². The number of rotatable bonds is 3. The number of hydrogen-bond donors (Lipinski definition) is 0. The molecular formula is C12H8BrFO2. The number of Topliss-reactive ketones (excluding diaryl/α,β-unsaturated/α-hetero) is 1. The van der Waals surface area contributed by atoms with Gasteiger partial charge < -0.3 is 4.42 Å². The van der Waals surface area contributed by atoms with Crippen LogP contribution in [0.1, 0.15) is 15.9 Å². The van der Waals surface area contributed by atoms with Gasteiger partial charge in [-0.15, -0.1) is 0 Å². The second-order valence-corrected chi connectivity index (χ2v) is 4.31. The molecule has 0 amide bonds. The van der Waals surface area contributed by atoms with Gasteiger partial charge in [0.15, 0.2) is 5.78 Å². The molecule has 0 radical (unpaired) electrons. The molecule has 2 rings (SSSR count). The van der Waals surface area contributed by atoms with Crippen LogP contribution in [0.15, 0.2) is 45.7 Å². The van der Waals surface area contributed by atoms with E-state index in [1.165, 1.54) is 24.7 Å². The lowest BCUT2D eigenvalue weighted by Crippen LogP contribution is -2.03. The number of ketones is 1. The zero-order valence-corrected chi connectivity index (χ0v) is 9.83. The van der Waals surface area contributed by atoms with E-state index in [0.29, 0.717) is 10.0 Å². The summed E-state index contributed by atoms with van der Waals surface area (Å²) in [6, 6.07) is 5.86. The quantitative estimate of drug-likeness (QED) is 0.805. The van der Waals surface area contributed by atoms with Crippen LogP contribution in [0.5, 0.6) is 0 Å². The van der Waals surface area contributed by atoms with Crippen molar-refractivity contribution < 1.29 is 13.6 Å². The summed E-state index contributed by atoms with van der Waals surface area (Å²) in [6.45, 7) is 0. The molecule has 0 fully saturated rings. The maximum absolute atomic E-state index is 13.1. The maximum atomic E-state index is 13.1. The Morgan fingerprint density at radius 2 is 2.19 bits per heavy atom. The minimum Gasteiger partial charge on any atom is -0.472 e. The Bertz CT molecular complexity index is 485. The standard InChI is InChI=1S/C12H8BrFO2/c13-10-4-9(5-11(14)6-10)12(15)3-8-1-2-16-7-8/h1-2,4-7H,3H2. The molecule has 0 aliphatic heterocycles. The molecule has 0 N–H and O–H groups in total. The molecular weight excluding hydrogens is 275 g/mol. The van der Waals surface area contributed by atoms with E-state index >= 15 is 0 Å². The van der Waals surface area contributed by atoms with Crippen LogP contribution in [0.3, 0.4) is 0 Å². The van der Waals surface area contributed by atoms with E-state index in [0.717, 1.165) is 5.56 Å². The van der Waals surface area contributed by atoms with Gasteiger partial charge in [0.05, 0.1) is 12.5 Å². The molecule has 0 aliphatic rings. The minimum atomic E-state index is -0.426. The lowest BCUT2D eigenvalue weighted by Gasteiger charge is -2.00. The Labute approximate surface area is 100 Å². The van der Waals surface area contributed by atoms with Crippen LogP contribution in [0.2, 0.25) is 0 Å². The summed E-state index contributed by atoms with van der Waals surface area (Å²) < 4.78 is 18.5. The highest BCUT2D eigenvalue weighted by Crippen LogP contribution is 2.16. The molecule has 0 spiro atoms. The van der Waals surface area contributed by atoms with Crippen molar-refractivity contribution >= 4 is 21.7 Å². The highest BCUT2D eigenvalue weighted by molar-refractivity contribution is 9.10. The first-order chi connectivity index (χ1) is 7.65. The smallest absolute Gasteiger partial charge is 0.167 e. The molecule has 0 saturated heterocycles. The van der Waals surface area contributed by atoms with Crippen molar-refractivity contribution in [1.29, 1.82) is 0 Å². The number of carbonyl (C=O) groups is 1. The van der Waals surface area contributed by atoms with Crippen molar-refractivity contribution in [2.75, 3.05) is 0 Å². The van der Waals surface area contributed by atoms with Gasteiger partial charge in [-0.25, -0.2) is 4.39 Å². The fourth-order valence-corrected chi connectivity index (χ4v) is 1.86. The SMILES string of the molecule is O=C(Cc1ccoc1)c1cc(F)cc(Br)c1. The molecule has 0 atom stereocenters. The van der Waals surface area contributed by atoms with Crippen molar-refractivity contribution in [2.45, 2.75) is 6.42 Å². The first-order valence-corrected chi connectivity index (χ1v) is 5.45. The third-order valence-electron chi connectivity index (χ3n) is 2.13. The van der Waals surface area contributed by atoms with Crippen molar-refractivity contribution in [2.24, 2.45) is 0 Å². The molecule has 16 heavy (non-hydrogen) atoms. The molecule has 1 heterocycles. The van der Waals surface area contributed by atoms with E-state index in [4.69, 9.17) is 4.42 Å². The van der Waals surface area contributed by atoms with Crippen molar-refractivity contribution in [3.8, 4) is 0 Å². The lowest BCUT2D eigenvalue weighted by molar-refractivity contribution is 0.0992. The van der Waals surface area contributed by atoms with E-state index in [-0.39, 0.29) is 12.2 Å². The van der Waals surface area contributed by atoms with Gasteiger partial charge in [-0.2, -0.15) is 0 Å². The first-order valence-electron chi connectivity index (χ1n) is 4.65. The molecule has 0 unspecified atom stereocenters. The molecule has 1 aromatic carbocycles. The number of furan rings is 1. The van der Waals surface area contributed by atoms with Crippen LogP contribution in [0, 0.1) is 5.82 Å². The van der Waals surface area contributed by atoms with E-state index in [2.05, 4.69) is 15.9 Å². The van der Waals surface area contributed by atoms with Crippen LogP contribution in [-0.4, -0.2) is 5.78 Å². The van der Waals surface area contributed by atoms with Crippen LogP contribution in [0.4, 0.5) is 4.39 Å². The zero-order chi connectivity index (χ0) is 11.5. The van der Waals surface area contributed by atoms with Gasteiger partial charge in [0.25, 0.3) is 0 Å². The summed E-state index contributed by atoms with van der Waals surface area (Å²) in [7, 11) is 0. The Morgan fingerprint density at radius 3 is 2.81 bits per heavy atom. The van der Waals surface area contributed by atoms with Crippen molar-refractivity contribution in [1.82, 2.24) is 0 Å². The number of benzene rings is 1. The summed E-state index contributed by atoms with van der Waals surface area (Å²) in [5.74, 6) is -0.563. The topological polar surface area (TPSA) is 30.2 Å². The lowest BCUT2D eigenvalue weighted by atomic mass is 10.1. The van der Waals surface area contributed by atoms with Gasteiger partial charge in [-0.1, -0.05) is 15.9 Å². The summed E-state index contributed by atoms with van der Waals surface area (Å²) in [4.78, 5) is 11.8. The van der Waals surface area contributed by atoms with Crippen molar-refractivity contribution in [3.05, 3.63) is 58.2 Å². The molecule has 0 aliphatic carbocycles. The van der Waals surface area contributed by atoms with E-state index < -0.39 is 5.82 Å². The molecule has 0 bridgehead atoms. The molecule has 0 saturated carbocycles. The Morgan fingerprint density at radius 1 is 1.38 bits per heavy atom. The molecule has 1 aromatic heterocycles. The Balaban J connectivity index is 2.21. The molecule has 2 nitrogen and oxygen atoms in total. The Kier molecular flexibility index (Phi) is 3.19. The third kappa shape index (κ3) is 2.58. The first kappa shape index (κ1) is 11.1. The molecule has 4 heteroatoms. The van der Waals surface area contributed by atoms with E-state index in [1.54, 1.807) is 12.1 Å². The van der Waals surface area contributed by atoms with Gasteiger partial charge in [0.1, 0.15) is 5.82 Å². The third-order valence-corrected chi connectivity index (χ3v) is 2.59. The highest BCUT2D eigenvalue weighted by Gasteiger charge is 2.10. The fraction of sp³-hybridized carbons (Fsp3) is 0.0833. The predicted molar refractivity (Wildman–Crippen MR) is 60.8 cm³/mol. The normalized spacial score (nSPS) is 10.4. The van der Waals surface area contributed by atoms with Gasteiger partial charge in [0.2, 0.25) is 0 Å². The second-order valence-electron chi connectivity index (χ2n) is 3.39. The van der Waals surface area contributed by atoms with Gasteiger partial charge in [0, 0.05) is 16.5 Å².